The van der Waals surface area contributed by atoms with Gasteiger partial charge in [0.15, 0.2) is 0 Å². The van der Waals surface area contributed by atoms with Gasteiger partial charge >= 0.3 is 0 Å². The zero-order valence-electron chi connectivity index (χ0n) is 8.66. The van der Waals surface area contributed by atoms with E-state index in [1.165, 1.54) is 0 Å². The minimum absolute atomic E-state index is 0.0568. The molecule has 1 atom stereocenters. The summed E-state index contributed by atoms with van der Waals surface area (Å²) in [4.78, 5) is 11.8. The monoisotopic (exact) mass is 267 g/mol. The van der Waals surface area contributed by atoms with Crippen LogP contribution in [0.3, 0.4) is 0 Å². The van der Waals surface area contributed by atoms with Crippen molar-refractivity contribution in [1.82, 2.24) is 5.32 Å². The van der Waals surface area contributed by atoms with Crippen molar-refractivity contribution >= 4 is 21.8 Å². The molecule has 80 valence electrons. The van der Waals surface area contributed by atoms with Crippen molar-refractivity contribution in [2.45, 2.75) is 31.7 Å². The Bertz CT molecular complexity index is 356. The third-order valence-electron chi connectivity index (χ3n) is 2.69. The fourth-order valence-electron chi connectivity index (χ4n) is 1.46. The molecule has 1 saturated carbocycles. The zero-order chi connectivity index (χ0) is 10.8. The Kier molecular flexibility index (Phi) is 3.10. The maximum Gasteiger partial charge on any atom is 0.227 e. The zero-order valence-corrected chi connectivity index (χ0v) is 10.3. The second-order valence-corrected chi connectivity index (χ2v) is 4.97. The van der Waals surface area contributed by atoms with Gasteiger partial charge in [-0.1, -0.05) is 28.1 Å². The van der Waals surface area contributed by atoms with Crippen LogP contribution in [-0.2, 0) is 4.79 Å². The first kappa shape index (κ1) is 10.7. The molecule has 15 heavy (non-hydrogen) atoms. The maximum atomic E-state index is 11.8. The Morgan fingerprint density at radius 2 is 2.00 bits per heavy atom. The highest BCUT2D eigenvalue weighted by Crippen LogP contribution is 2.22. The lowest BCUT2D eigenvalue weighted by atomic mass is 10.0. The van der Waals surface area contributed by atoms with E-state index < -0.39 is 0 Å². The van der Waals surface area contributed by atoms with E-state index in [2.05, 4.69) is 21.2 Å². The summed E-state index contributed by atoms with van der Waals surface area (Å²) in [5.74, 6) is 0.0820. The topological polar surface area (TPSA) is 29.1 Å². The number of halogens is 1. The molecule has 1 N–H and O–H groups in total. The summed E-state index contributed by atoms with van der Waals surface area (Å²) >= 11 is 3.38. The summed E-state index contributed by atoms with van der Waals surface area (Å²) in [7, 11) is 0. The average molecular weight is 268 g/mol. The normalized spacial score (nSPS) is 17.2. The molecule has 1 aromatic rings. The largest absolute Gasteiger partial charge is 0.353 e. The van der Waals surface area contributed by atoms with Gasteiger partial charge in [0.2, 0.25) is 5.91 Å². The Morgan fingerprint density at radius 1 is 1.40 bits per heavy atom. The summed E-state index contributed by atoms with van der Waals surface area (Å²) < 4.78 is 1.04. The van der Waals surface area contributed by atoms with Crippen LogP contribution in [0.15, 0.2) is 28.7 Å². The van der Waals surface area contributed by atoms with Crippen LogP contribution in [0.1, 0.15) is 31.2 Å². The molecule has 3 heteroatoms. The van der Waals surface area contributed by atoms with E-state index >= 15 is 0 Å². The number of hydrogen-bond acceptors (Lipinski definition) is 1. The second kappa shape index (κ2) is 4.35. The first-order valence-corrected chi connectivity index (χ1v) is 6.02. The lowest BCUT2D eigenvalue weighted by Crippen LogP contribution is -2.29. The Balaban J connectivity index is 2.02. The van der Waals surface area contributed by atoms with Crippen LogP contribution in [0.25, 0.3) is 0 Å². The molecule has 0 radical (unpaired) electrons. The first-order valence-electron chi connectivity index (χ1n) is 5.22. The molecule has 0 aromatic heterocycles. The van der Waals surface area contributed by atoms with Crippen molar-refractivity contribution in [3.63, 3.8) is 0 Å². The number of nitrogens with one attached hydrogen (secondary N) is 1. The van der Waals surface area contributed by atoms with Crippen molar-refractivity contribution in [2.24, 2.45) is 0 Å². The van der Waals surface area contributed by atoms with Crippen LogP contribution in [0.2, 0.25) is 0 Å². The summed E-state index contributed by atoms with van der Waals surface area (Å²) in [6, 6.07) is 8.35. The SMILES string of the molecule is CC(C(=O)NC1CC1)c1ccc(Br)cc1. The fraction of sp³-hybridized carbons (Fsp3) is 0.417. The standard InChI is InChI=1S/C12H14BrNO/c1-8(12(15)14-11-6-7-11)9-2-4-10(13)5-3-9/h2-5,8,11H,6-7H2,1H3,(H,14,15). The predicted octanol–water partition coefficient (Wildman–Crippen LogP) is 2.83. The van der Waals surface area contributed by atoms with Crippen molar-refractivity contribution in [1.29, 1.82) is 0 Å². The van der Waals surface area contributed by atoms with Crippen LogP contribution in [0, 0.1) is 0 Å². The molecule has 0 bridgehead atoms. The smallest absolute Gasteiger partial charge is 0.227 e. The molecular formula is C12H14BrNO. The van der Waals surface area contributed by atoms with Crippen molar-refractivity contribution in [2.75, 3.05) is 0 Å². The summed E-state index contributed by atoms with van der Waals surface area (Å²) in [5, 5.41) is 3.02. The van der Waals surface area contributed by atoms with Gasteiger partial charge in [-0.05, 0) is 37.5 Å². The van der Waals surface area contributed by atoms with Gasteiger partial charge in [0.05, 0.1) is 5.92 Å². The van der Waals surface area contributed by atoms with Crippen LogP contribution >= 0.6 is 15.9 Å². The quantitative estimate of drug-likeness (QED) is 0.897. The number of carbonyl (C=O) groups excluding carboxylic acids is 1. The van der Waals surface area contributed by atoms with Gasteiger partial charge in [-0.25, -0.2) is 0 Å². The minimum atomic E-state index is -0.0568. The number of benzene rings is 1. The van der Waals surface area contributed by atoms with Gasteiger partial charge in [0.25, 0.3) is 0 Å². The van der Waals surface area contributed by atoms with E-state index in [9.17, 15) is 4.79 Å². The summed E-state index contributed by atoms with van der Waals surface area (Å²) in [5.41, 5.74) is 1.07. The number of amides is 1. The van der Waals surface area contributed by atoms with Crippen LogP contribution < -0.4 is 5.32 Å². The molecule has 1 aliphatic rings. The molecule has 0 heterocycles. The molecule has 2 nitrogen and oxygen atoms in total. The molecule has 0 saturated heterocycles. The van der Waals surface area contributed by atoms with E-state index in [0.717, 1.165) is 22.9 Å². The first-order chi connectivity index (χ1) is 7.16. The van der Waals surface area contributed by atoms with Crippen LogP contribution in [0.5, 0.6) is 0 Å². The summed E-state index contributed by atoms with van der Waals surface area (Å²) in [6.45, 7) is 1.95. The molecule has 2 rings (SSSR count). The van der Waals surface area contributed by atoms with E-state index in [4.69, 9.17) is 0 Å². The number of hydrogen-bond donors (Lipinski definition) is 1. The molecule has 1 aliphatic carbocycles. The minimum Gasteiger partial charge on any atom is -0.353 e. The number of rotatable bonds is 3. The lowest BCUT2D eigenvalue weighted by molar-refractivity contribution is -0.122. The van der Waals surface area contributed by atoms with Crippen molar-refractivity contribution in [3.8, 4) is 0 Å². The Hall–Kier alpha value is -0.830. The molecule has 1 amide bonds. The van der Waals surface area contributed by atoms with Gasteiger partial charge in [-0.3, -0.25) is 4.79 Å². The van der Waals surface area contributed by atoms with E-state index in [1.807, 2.05) is 31.2 Å². The highest BCUT2D eigenvalue weighted by molar-refractivity contribution is 9.10. The van der Waals surface area contributed by atoms with E-state index in [1.54, 1.807) is 0 Å². The van der Waals surface area contributed by atoms with Gasteiger partial charge in [-0.2, -0.15) is 0 Å². The molecular weight excluding hydrogens is 254 g/mol. The van der Waals surface area contributed by atoms with E-state index in [-0.39, 0.29) is 11.8 Å². The van der Waals surface area contributed by atoms with Crippen LogP contribution in [-0.4, -0.2) is 11.9 Å². The maximum absolute atomic E-state index is 11.8. The second-order valence-electron chi connectivity index (χ2n) is 4.06. The van der Waals surface area contributed by atoms with Gasteiger partial charge in [0.1, 0.15) is 0 Å². The molecule has 0 aliphatic heterocycles. The molecule has 1 fully saturated rings. The molecule has 1 unspecified atom stereocenters. The van der Waals surface area contributed by atoms with E-state index in [0.29, 0.717) is 6.04 Å². The highest BCUT2D eigenvalue weighted by atomic mass is 79.9. The third-order valence-corrected chi connectivity index (χ3v) is 3.22. The van der Waals surface area contributed by atoms with Gasteiger partial charge < -0.3 is 5.32 Å². The lowest BCUT2D eigenvalue weighted by Gasteiger charge is -2.11. The fourth-order valence-corrected chi connectivity index (χ4v) is 1.72. The molecule has 0 spiro atoms. The molecule has 1 aromatic carbocycles. The third kappa shape index (κ3) is 2.81. The average Bonchev–Trinajstić information content (AvgIpc) is 3.02. The Labute approximate surface area is 98.2 Å². The highest BCUT2D eigenvalue weighted by Gasteiger charge is 2.25. The van der Waals surface area contributed by atoms with Gasteiger partial charge in [-0.15, -0.1) is 0 Å². The summed E-state index contributed by atoms with van der Waals surface area (Å²) in [6.07, 6.45) is 2.28. The number of carbonyl (C=O) groups is 1. The Morgan fingerprint density at radius 3 is 2.53 bits per heavy atom. The van der Waals surface area contributed by atoms with Crippen molar-refractivity contribution < 1.29 is 4.79 Å². The predicted molar refractivity (Wildman–Crippen MR) is 63.7 cm³/mol. The van der Waals surface area contributed by atoms with Crippen LogP contribution in [0.4, 0.5) is 0 Å². The van der Waals surface area contributed by atoms with Gasteiger partial charge in [0, 0.05) is 10.5 Å². The van der Waals surface area contributed by atoms with Crippen molar-refractivity contribution in [3.05, 3.63) is 34.3 Å².